The molecule has 33 heavy (non-hydrogen) atoms. The molecule has 1 fully saturated rings. The molecule has 4 heteroatoms. The standard InChI is InChI=1S/C29H36B2O2/c1-19-13-21(3)27(22(4)14-19)30(28-23(5)15-20(2)16-24(28)6)25-9-11-26(12-10-25)31-32-17-29(7,8)18-33-31/h9-16H,17-18H2,1-8H3. The Morgan fingerprint density at radius 1 is 0.667 bits per heavy atom. The average Bonchev–Trinajstić information content (AvgIpc) is 2.71. The van der Waals surface area contributed by atoms with E-state index in [9.17, 15) is 0 Å². The molecular weight excluding hydrogens is 402 g/mol. The zero-order valence-corrected chi connectivity index (χ0v) is 21.5. The highest BCUT2D eigenvalue weighted by molar-refractivity contribution is 6.96. The van der Waals surface area contributed by atoms with E-state index in [1.165, 1.54) is 49.8 Å². The van der Waals surface area contributed by atoms with E-state index in [2.05, 4.69) is 104 Å². The van der Waals surface area contributed by atoms with Gasteiger partial charge in [-0.1, -0.05) is 112 Å². The summed E-state index contributed by atoms with van der Waals surface area (Å²) in [5, 5.41) is 0. The number of hydrogen-bond acceptors (Lipinski definition) is 2. The van der Waals surface area contributed by atoms with E-state index in [1.807, 2.05) is 0 Å². The van der Waals surface area contributed by atoms with Crippen LogP contribution < -0.4 is 21.9 Å². The zero-order valence-electron chi connectivity index (χ0n) is 21.5. The molecule has 0 unspecified atom stereocenters. The third kappa shape index (κ3) is 4.98. The van der Waals surface area contributed by atoms with Gasteiger partial charge in [-0.05, 0) is 47.0 Å². The predicted molar refractivity (Wildman–Crippen MR) is 143 cm³/mol. The summed E-state index contributed by atoms with van der Waals surface area (Å²) >= 11 is 0. The number of rotatable bonds is 4. The largest absolute Gasteiger partial charge is 0.493 e. The molecule has 3 aromatic rings. The summed E-state index contributed by atoms with van der Waals surface area (Å²) in [6.07, 6.45) is 0. The molecule has 1 aliphatic rings. The van der Waals surface area contributed by atoms with E-state index in [-0.39, 0.29) is 19.2 Å². The fourth-order valence-electron chi connectivity index (χ4n) is 5.50. The van der Waals surface area contributed by atoms with Crippen LogP contribution in [0.3, 0.4) is 0 Å². The maximum absolute atomic E-state index is 6.03. The number of aryl methyl sites for hydroxylation is 6. The topological polar surface area (TPSA) is 18.5 Å². The first-order valence-electron chi connectivity index (χ1n) is 12.0. The van der Waals surface area contributed by atoms with Gasteiger partial charge in [0, 0.05) is 18.6 Å². The van der Waals surface area contributed by atoms with E-state index in [0.29, 0.717) is 13.2 Å². The summed E-state index contributed by atoms with van der Waals surface area (Å²) in [4.78, 5) is 0. The molecule has 0 aromatic heterocycles. The fraction of sp³-hybridized carbons (Fsp3) is 0.379. The monoisotopic (exact) mass is 438 g/mol. The van der Waals surface area contributed by atoms with Crippen LogP contribution in [0.1, 0.15) is 47.2 Å². The molecule has 3 aromatic carbocycles. The Labute approximate surface area is 200 Å². The first-order valence-corrected chi connectivity index (χ1v) is 12.0. The summed E-state index contributed by atoms with van der Waals surface area (Å²) < 4.78 is 12.1. The van der Waals surface area contributed by atoms with Crippen LogP contribution in [0.15, 0.2) is 48.5 Å². The molecule has 1 aliphatic heterocycles. The molecule has 2 nitrogen and oxygen atoms in total. The van der Waals surface area contributed by atoms with Crippen molar-refractivity contribution in [2.24, 2.45) is 5.41 Å². The van der Waals surface area contributed by atoms with Crippen LogP contribution in [0.4, 0.5) is 0 Å². The van der Waals surface area contributed by atoms with Gasteiger partial charge < -0.3 is 9.31 Å². The van der Waals surface area contributed by atoms with Crippen molar-refractivity contribution in [2.45, 2.75) is 55.4 Å². The fourth-order valence-corrected chi connectivity index (χ4v) is 5.50. The lowest BCUT2D eigenvalue weighted by atomic mass is 9.34. The van der Waals surface area contributed by atoms with Crippen LogP contribution in [0, 0.1) is 47.0 Å². The van der Waals surface area contributed by atoms with Crippen LogP contribution in [0.2, 0.25) is 0 Å². The van der Waals surface area contributed by atoms with Gasteiger partial charge in [0.05, 0.1) is 0 Å². The van der Waals surface area contributed by atoms with E-state index >= 15 is 0 Å². The Kier molecular flexibility index (Phi) is 6.62. The second-order valence-corrected chi connectivity index (χ2v) is 10.8. The Morgan fingerprint density at radius 3 is 1.45 bits per heavy atom. The molecule has 0 radical (unpaired) electrons. The molecule has 170 valence electrons. The van der Waals surface area contributed by atoms with Crippen molar-refractivity contribution in [3.63, 3.8) is 0 Å². The average molecular weight is 438 g/mol. The molecule has 0 aliphatic carbocycles. The lowest BCUT2D eigenvalue weighted by Gasteiger charge is -2.33. The lowest BCUT2D eigenvalue weighted by Crippen LogP contribution is -2.56. The minimum atomic E-state index is -0.281. The molecule has 0 atom stereocenters. The van der Waals surface area contributed by atoms with Crippen molar-refractivity contribution < 1.29 is 9.31 Å². The maximum atomic E-state index is 6.03. The highest BCUT2D eigenvalue weighted by Gasteiger charge is 2.34. The zero-order chi connectivity index (χ0) is 23.9. The number of hydrogen-bond donors (Lipinski definition) is 0. The highest BCUT2D eigenvalue weighted by atomic mass is 16.6. The van der Waals surface area contributed by atoms with Gasteiger partial charge in [-0.15, -0.1) is 0 Å². The first-order chi connectivity index (χ1) is 15.6. The minimum absolute atomic E-state index is 0.0719. The Hall–Kier alpha value is -2.29. The van der Waals surface area contributed by atoms with Crippen molar-refractivity contribution in [2.75, 3.05) is 13.2 Å². The van der Waals surface area contributed by atoms with Crippen LogP contribution in [0.5, 0.6) is 0 Å². The summed E-state index contributed by atoms with van der Waals surface area (Å²) in [6, 6.07) is 18.2. The van der Waals surface area contributed by atoms with Crippen molar-refractivity contribution >= 4 is 35.7 Å². The number of benzene rings is 3. The molecule has 0 N–H and O–H groups in total. The maximum Gasteiger partial charge on any atom is 0.493 e. The molecule has 0 bridgehead atoms. The molecule has 1 saturated heterocycles. The summed E-state index contributed by atoms with van der Waals surface area (Å²) in [7, 11) is -0.281. The van der Waals surface area contributed by atoms with E-state index in [0.717, 1.165) is 5.46 Å². The van der Waals surface area contributed by atoms with Crippen molar-refractivity contribution in [3.8, 4) is 0 Å². The molecule has 0 saturated carbocycles. The van der Waals surface area contributed by atoms with Crippen LogP contribution >= 0.6 is 0 Å². The smallest absolute Gasteiger partial charge is 0.407 e. The lowest BCUT2D eigenvalue weighted by molar-refractivity contribution is 0.0343. The van der Waals surface area contributed by atoms with Crippen molar-refractivity contribution in [3.05, 3.63) is 81.9 Å². The van der Waals surface area contributed by atoms with Crippen LogP contribution in [-0.4, -0.2) is 27.0 Å². The third-order valence-corrected chi connectivity index (χ3v) is 6.85. The molecule has 1 heterocycles. The van der Waals surface area contributed by atoms with Crippen molar-refractivity contribution in [1.82, 2.24) is 0 Å². The van der Waals surface area contributed by atoms with Gasteiger partial charge in [0.25, 0.3) is 0 Å². The molecular formula is C29H36B2O2. The summed E-state index contributed by atoms with van der Waals surface area (Å²) in [5.74, 6) is 0. The van der Waals surface area contributed by atoms with Gasteiger partial charge in [-0.25, -0.2) is 0 Å². The van der Waals surface area contributed by atoms with Gasteiger partial charge in [0.1, 0.15) is 0 Å². The van der Waals surface area contributed by atoms with E-state index < -0.39 is 0 Å². The van der Waals surface area contributed by atoms with E-state index in [4.69, 9.17) is 9.31 Å². The Morgan fingerprint density at radius 2 is 1.06 bits per heavy atom. The Balaban J connectivity index is 1.80. The summed E-state index contributed by atoms with van der Waals surface area (Å²) in [5.41, 5.74) is 13.3. The van der Waals surface area contributed by atoms with Crippen LogP contribution in [0.25, 0.3) is 0 Å². The second kappa shape index (κ2) is 9.16. The predicted octanol–water partition coefficient (Wildman–Crippen LogP) is 3.82. The Bertz CT molecular complexity index is 1050. The molecule has 0 spiro atoms. The normalized spacial score (nSPS) is 15.6. The van der Waals surface area contributed by atoms with Gasteiger partial charge in [-0.3, -0.25) is 0 Å². The third-order valence-electron chi connectivity index (χ3n) is 6.85. The van der Waals surface area contributed by atoms with E-state index in [1.54, 1.807) is 0 Å². The highest BCUT2D eigenvalue weighted by Crippen LogP contribution is 2.21. The van der Waals surface area contributed by atoms with Gasteiger partial charge in [0.2, 0.25) is 6.71 Å². The van der Waals surface area contributed by atoms with Crippen LogP contribution in [-0.2, 0) is 9.31 Å². The van der Waals surface area contributed by atoms with Gasteiger partial charge in [0.15, 0.2) is 0 Å². The minimum Gasteiger partial charge on any atom is -0.407 e. The van der Waals surface area contributed by atoms with Gasteiger partial charge >= 0.3 is 7.12 Å². The first kappa shape index (κ1) is 23.9. The SMILES string of the molecule is Cc1cc(C)c(B(c2ccc(B3OCC(C)(C)CO3)cc2)c2c(C)cc(C)cc2C)c(C)c1. The quantitative estimate of drug-likeness (QED) is 0.577. The second-order valence-electron chi connectivity index (χ2n) is 10.8. The van der Waals surface area contributed by atoms with Crippen molar-refractivity contribution in [1.29, 1.82) is 0 Å². The van der Waals surface area contributed by atoms with Gasteiger partial charge in [-0.2, -0.15) is 0 Å². The molecule has 4 rings (SSSR count). The summed E-state index contributed by atoms with van der Waals surface area (Å²) in [6.45, 7) is 19.3. The molecule has 0 amide bonds.